The minimum Gasteiger partial charge on any atom is -0.460 e. The van der Waals surface area contributed by atoms with Gasteiger partial charge < -0.3 is 4.74 Å². The minimum atomic E-state index is 1.05. The smallest absolute Gasteiger partial charge is 0.136 e. The molecule has 0 saturated carbocycles. The van der Waals surface area contributed by atoms with Crippen LogP contribution >= 0.6 is 11.8 Å². The highest BCUT2D eigenvalue weighted by Crippen LogP contribution is 2.38. The van der Waals surface area contributed by atoms with Gasteiger partial charge >= 0.3 is 0 Å². The lowest BCUT2D eigenvalue weighted by atomic mass is 10.2. The Morgan fingerprint density at radius 3 is 3.21 bits per heavy atom. The van der Waals surface area contributed by atoms with Crippen molar-refractivity contribution in [3.8, 4) is 0 Å². The van der Waals surface area contributed by atoms with Crippen LogP contribution < -0.4 is 0 Å². The summed E-state index contributed by atoms with van der Waals surface area (Å²) in [6, 6.07) is 0. The Labute approximate surface area is 89.9 Å². The van der Waals surface area contributed by atoms with Crippen molar-refractivity contribution < 1.29 is 4.74 Å². The Balaban J connectivity index is 1.82. The molecule has 0 atom stereocenters. The van der Waals surface area contributed by atoms with E-state index in [2.05, 4.69) is 24.5 Å². The average Bonchev–Trinajstić information content (AvgIpc) is 2.65. The van der Waals surface area contributed by atoms with Gasteiger partial charge in [0, 0.05) is 23.2 Å². The molecule has 1 aliphatic carbocycles. The van der Waals surface area contributed by atoms with E-state index in [0.717, 1.165) is 24.4 Å². The summed E-state index contributed by atoms with van der Waals surface area (Å²) in [5.74, 6) is 2.23. The highest BCUT2D eigenvalue weighted by molar-refractivity contribution is 8.05. The van der Waals surface area contributed by atoms with Crippen molar-refractivity contribution in [3.05, 3.63) is 34.0 Å². The van der Waals surface area contributed by atoms with Gasteiger partial charge in [0.05, 0.1) is 0 Å². The van der Waals surface area contributed by atoms with Crippen LogP contribution in [0.4, 0.5) is 0 Å². The molecule has 2 aliphatic rings. The molecule has 1 aliphatic heterocycles. The lowest BCUT2D eigenvalue weighted by Gasteiger charge is -2.16. The maximum Gasteiger partial charge on any atom is 0.136 e. The maximum absolute atomic E-state index is 5.79. The molecular formula is C12H16OS. The van der Waals surface area contributed by atoms with Crippen molar-refractivity contribution in [1.82, 2.24) is 0 Å². The zero-order valence-electron chi connectivity index (χ0n) is 8.58. The van der Waals surface area contributed by atoms with E-state index >= 15 is 0 Å². The standard InChI is InChI=1S/C12H16OS/c1-2-3-4-6-10-9-14-12-8-5-7-11(12)13-10/h5,7,9H,2-4,6,8H2,1H3. The van der Waals surface area contributed by atoms with Crippen molar-refractivity contribution in [2.24, 2.45) is 0 Å². The first-order valence-electron chi connectivity index (χ1n) is 5.33. The van der Waals surface area contributed by atoms with E-state index in [9.17, 15) is 0 Å². The molecule has 0 aromatic heterocycles. The van der Waals surface area contributed by atoms with Gasteiger partial charge in [-0.25, -0.2) is 0 Å². The molecule has 0 N–H and O–H groups in total. The van der Waals surface area contributed by atoms with Gasteiger partial charge in [0.25, 0.3) is 0 Å². The van der Waals surface area contributed by atoms with Crippen molar-refractivity contribution in [2.75, 3.05) is 0 Å². The number of rotatable bonds is 4. The third-order valence-electron chi connectivity index (χ3n) is 2.45. The highest BCUT2D eigenvalue weighted by atomic mass is 32.2. The summed E-state index contributed by atoms with van der Waals surface area (Å²) in [4.78, 5) is 1.37. The Kier molecular flexibility index (Phi) is 3.35. The number of ether oxygens (including phenoxy) is 1. The van der Waals surface area contributed by atoms with Crippen LogP contribution in [0.25, 0.3) is 0 Å². The second-order valence-corrected chi connectivity index (χ2v) is 4.62. The van der Waals surface area contributed by atoms with Gasteiger partial charge in [0.15, 0.2) is 0 Å². The Morgan fingerprint density at radius 1 is 1.43 bits per heavy atom. The largest absolute Gasteiger partial charge is 0.460 e. The fraction of sp³-hybridized carbons (Fsp3) is 0.500. The summed E-state index contributed by atoms with van der Waals surface area (Å²) in [5, 5.41) is 2.17. The Hall–Kier alpha value is -0.630. The number of hydrogen-bond donors (Lipinski definition) is 0. The van der Waals surface area contributed by atoms with Crippen LogP contribution in [0, 0.1) is 0 Å². The summed E-state index contributed by atoms with van der Waals surface area (Å²) in [5.41, 5.74) is 0. The Bertz CT molecular complexity index is 299. The molecule has 0 aromatic rings. The quantitative estimate of drug-likeness (QED) is 0.635. The van der Waals surface area contributed by atoms with E-state index in [4.69, 9.17) is 4.74 Å². The van der Waals surface area contributed by atoms with Crippen LogP contribution in [0.1, 0.15) is 39.0 Å². The molecule has 0 saturated heterocycles. The number of hydrogen-bond acceptors (Lipinski definition) is 2. The van der Waals surface area contributed by atoms with Gasteiger partial charge in [-0.1, -0.05) is 37.6 Å². The predicted octanol–water partition coefficient (Wildman–Crippen LogP) is 4.34. The van der Waals surface area contributed by atoms with Crippen molar-refractivity contribution >= 4 is 11.8 Å². The normalized spacial score (nSPS) is 19.4. The topological polar surface area (TPSA) is 9.23 Å². The molecule has 0 spiro atoms. The highest BCUT2D eigenvalue weighted by Gasteiger charge is 2.16. The van der Waals surface area contributed by atoms with E-state index in [0.29, 0.717) is 0 Å². The molecule has 0 unspecified atom stereocenters. The molecule has 1 nitrogen and oxygen atoms in total. The molecule has 76 valence electrons. The van der Waals surface area contributed by atoms with Crippen LogP contribution in [0.5, 0.6) is 0 Å². The molecule has 0 fully saturated rings. The third-order valence-corrected chi connectivity index (χ3v) is 3.48. The second kappa shape index (κ2) is 4.74. The fourth-order valence-electron chi connectivity index (χ4n) is 1.62. The number of thioether (sulfide) groups is 1. The van der Waals surface area contributed by atoms with Gasteiger partial charge in [0.1, 0.15) is 11.5 Å². The predicted molar refractivity (Wildman–Crippen MR) is 61.7 cm³/mol. The zero-order valence-corrected chi connectivity index (χ0v) is 9.40. The van der Waals surface area contributed by atoms with Crippen molar-refractivity contribution in [1.29, 1.82) is 0 Å². The molecule has 1 heterocycles. The summed E-state index contributed by atoms with van der Waals surface area (Å²) in [6.07, 6.45) is 10.2. The van der Waals surface area contributed by atoms with Crippen LogP contribution in [0.15, 0.2) is 34.0 Å². The van der Waals surface area contributed by atoms with E-state index in [1.165, 1.54) is 24.2 Å². The lowest BCUT2D eigenvalue weighted by molar-refractivity contribution is 0.300. The summed E-state index contributed by atoms with van der Waals surface area (Å²) in [7, 11) is 0. The van der Waals surface area contributed by atoms with Crippen LogP contribution in [0.2, 0.25) is 0 Å². The molecule has 0 amide bonds. The molecule has 2 heteroatoms. The zero-order chi connectivity index (χ0) is 9.80. The van der Waals surface area contributed by atoms with E-state index in [-0.39, 0.29) is 0 Å². The first-order valence-corrected chi connectivity index (χ1v) is 6.21. The first-order chi connectivity index (χ1) is 6.90. The van der Waals surface area contributed by atoms with Crippen molar-refractivity contribution in [2.45, 2.75) is 39.0 Å². The van der Waals surface area contributed by atoms with Crippen molar-refractivity contribution in [3.63, 3.8) is 0 Å². The number of unbranched alkanes of at least 4 members (excludes halogenated alkanes) is 2. The minimum absolute atomic E-state index is 1.05. The molecule has 0 bridgehead atoms. The molecular weight excluding hydrogens is 192 g/mol. The fourth-order valence-corrected chi connectivity index (χ4v) is 2.48. The second-order valence-electron chi connectivity index (χ2n) is 3.66. The summed E-state index contributed by atoms with van der Waals surface area (Å²) < 4.78 is 5.79. The molecule has 0 radical (unpaired) electrons. The van der Waals surface area contributed by atoms with Gasteiger partial charge in [0.2, 0.25) is 0 Å². The van der Waals surface area contributed by atoms with Crippen LogP contribution in [-0.2, 0) is 4.74 Å². The third kappa shape index (κ3) is 2.24. The maximum atomic E-state index is 5.79. The van der Waals surface area contributed by atoms with Gasteiger partial charge in [-0.3, -0.25) is 0 Å². The van der Waals surface area contributed by atoms with Crippen LogP contribution in [-0.4, -0.2) is 0 Å². The first kappa shape index (κ1) is 9.91. The van der Waals surface area contributed by atoms with Crippen LogP contribution in [0.3, 0.4) is 0 Å². The summed E-state index contributed by atoms with van der Waals surface area (Å²) in [6.45, 7) is 2.23. The van der Waals surface area contributed by atoms with Gasteiger partial charge in [-0.05, 0) is 12.5 Å². The van der Waals surface area contributed by atoms with E-state index < -0.39 is 0 Å². The lowest BCUT2D eigenvalue weighted by Crippen LogP contribution is -1.96. The van der Waals surface area contributed by atoms with E-state index in [1.807, 2.05) is 11.8 Å². The molecule has 14 heavy (non-hydrogen) atoms. The Morgan fingerprint density at radius 2 is 2.36 bits per heavy atom. The molecule has 2 rings (SSSR count). The monoisotopic (exact) mass is 208 g/mol. The van der Waals surface area contributed by atoms with E-state index in [1.54, 1.807) is 0 Å². The molecule has 0 aromatic carbocycles. The average molecular weight is 208 g/mol. The van der Waals surface area contributed by atoms with Gasteiger partial charge in [-0.15, -0.1) is 0 Å². The van der Waals surface area contributed by atoms with Gasteiger partial charge in [-0.2, -0.15) is 0 Å². The summed E-state index contributed by atoms with van der Waals surface area (Å²) >= 11 is 1.83. The SMILES string of the molecule is CCCCCC1=CSC2=C(C=CC2)O1. The number of allylic oxidation sites excluding steroid dienone is 4.